The lowest BCUT2D eigenvalue weighted by atomic mass is 10.1. The maximum atomic E-state index is 12.6. The number of nitrogens with zero attached hydrogens (tertiary/aromatic N) is 1. The van der Waals surface area contributed by atoms with Gasteiger partial charge in [0.15, 0.2) is 0 Å². The van der Waals surface area contributed by atoms with Crippen LogP contribution in [0.15, 0.2) is 16.3 Å². The van der Waals surface area contributed by atoms with Crippen LogP contribution in [0.1, 0.15) is 30.6 Å². The first-order valence-corrected chi connectivity index (χ1v) is 9.14. The minimum Gasteiger partial charge on any atom is -0.481 e. The molecule has 0 bridgehead atoms. The maximum absolute atomic E-state index is 12.6. The molecule has 0 radical (unpaired) electrons. The summed E-state index contributed by atoms with van der Waals surface area (Å²) in [6.45, 7) is 0.552. The Kier molecular flexibility index (Phi) is 5.37. The van der Waals surface area contributed by atoms with Gasteiger partial charge in [-0.1, -0.05) is 0 Å². The summed E-state index contributed by atoms with van der Waals surface area (Å²) in [6.07, 6.45) is 2.72. The molecule has 21 heavy (non-hydrogen) atoms. The van der Waals surface area contributed by atoms with Crippen molar-refractivity contribution in [3.05, 3.63) is 17.0 Å². The van der Waals surface area contributed by atoms with Crippen LogP contribution >= 0.6 is 11.3 Å². The molecule has 0 aliphatic carbocycles. The number of thiophene rings is 1. The Morgan fingerprint density at radius 2 is 2.19 bits per heavy atom. The molecule has 1 saturated heterocycles. The highest BCUT2D eigenvalue weighted by Crippen LogP contribution is 2.32. The molecule has 6 nitrogen and oxygen atoms in total. The molecule has 8 heteroatoms. The molecule has 0 spiro atoms. The van der Waals surface area contributed by atoms with Crippen molar-refractivity contribution in [1.82, 2.24) is 4.31 Å². The Bertz CT molecular complexity index is 595. The minimum atomic E-state index is -3.56. The molecule has 1 aromatic rings. The summed E-state index contributed by atoms with van der Waals surface area (Å²) in [5, 5.41) is 17.7. The summed E-state index contributed by atoms with van der Waals surface area (Å²) < 4.78 is 27.0. The van der Waals surface area contributed by atoms with Crippen molar-refractivity contribution in [1.29, 1.82) is 0 Å². The minimum absolute atomic E-state index is 0.0617. The number of hydrogen-bond acceptors (Lipinski definition) is 5. The van der Waals surface area contributed by atoms with Crippen LogP contribution in [-0.4, -0.2) is 48.1 Å². The quantitative estimate of drug-likeness (QED) is 0.784. The van der Waals surface area contributed by atoms with Crippen molar-refractivity contribution in [2.45, 2.75) is 42.4 Å². The van der Waals surface area contributed by atoms with Gasteiger partial charge in [-0.25, -0.2) is 8.42 Å². The van der Waals surface area contributed by atoms with E-state index in [1.165, 1.54) is 10.4 Å². The number of carboxylic acid groups (broad SMARTS) is 1. The predicted molar refractivity (Wildman–Crippen MR) is 78.9 cm³/mol. The van der Waals surface area contributed by atoms with Crippen LogP contribution in [0.5, 0.6) is 0 Å². The van der Waals surface area contributed by atoms with Crippen LogP contribution in [0.3, 0.4) is 0 Å². The Hall–Kier alpha value is -0.960. The number of rotatable bonds is 7. The third-order valence-corrected chi connectivity index (χ3v) is 7.05. The van der Waals surface area contributed by atoms with E-state index in [4.69, 9.17) is 10.2 Å². The van der Waals surface area contributed by atoms with Crippen molar-refractivity contribution >= 4 is 27.3 Å². The van der Waals surface area contributed by atoms with E-state index in [0.29, 0.717) is 24.3 Å². The fourth-order valence-corrected chi connectivity index (χ4v) is 5.80. The van der Waals surface area contributed by atoms with Gasteiger partial charge in [0.05, 0.1) is 6.42 Å². The second-order valence-electron chi connectivity index (χ2n) is 5.07. The van der Waals surface area contributed by atoms with Crippen molar-refractivity contribution < 1.29 is 23.4 Å². The second kappa shape index (κ2) is 6.87. The van der Waals surface area contributed by atoms with E-state index < -0.39 is 16.0 Å². The molecule has 1 atom stereocenters. The summed E-state index contributed by atoms with van der Waals surface area (Å²) in [4.78, 5) is 11.2. The summed E-state index contributed by atoms with van der Waals surface area (Å²) in [5.41, 5.74) is 0. The molecule has 2 heterocycles. The smallest absolute Gasteiger partial charge is 0.308 e. The van der Waals surface area contributed by atoms with E-state index in [1.807, 2.05) is 0 Å². The molecule has 1 unspecified atom stereocenters. The number of aliphatic hydroxyl groups is 1. The normalized spacial score (nSPS) is 20.0. The third-order valence-electron chi connectivity index (χ3n) is 3.54. The van der Waals surface area contributed by atoms with Gasteiger partial charge in [0.2, 0.25) is 0 Å². The monoisotopic (exact) mass is 333 g/mol. The highest BCUT2D eigenvalue weighted by atomic mass is 32.2. The average molecular weight is 333 g/mol. The van der Waals surface area contributed by atoms with Crippen LogP contribution < -0.4 is 0 Å². The lowest BCUT2D eigenvalue weighted by Gasteiger charge is -2.23. The molecule has 1 aliphatic heterocycles. The van der Waals surface area contributed by atoms with Crippen LogP contribution in [0.25, 0.3) is 0 Å². The average Bonchev–Trinajstić information content (AvgIpc) is 3.04. The highest BCUT2D eigenvalue weighted by molar-refractivity contribution is 7.91. The van der Waals surface area contributed by atoms with E-state index in [0.717, 1.165) is 24.2 Å². The van der Waals surface area contributed by atoms with Gasteiger partial charge in [0.1, 0.15) is 4.21 Å². The van der Waals surface area contributed by atoms with E-state index >= 15 is 0 Å². The number of sulfonamides is 1. The van der Waals surface area contributed by atoms with Gasteiger partial charge < -0.3 is 10.2 Å². The Balaban J connectivity index is 2.16. The molecule has 1 fully saturated rings. The number of carboxylic acids is 1. The fraction of sp³-hybridized carbons (Fsp3) is 0.615. The van der Waals surface area contributed by atoms with Gasteiger partial charge in [0, 0.05) is 24.1 Å². The molecule has 1 aromatic heterocycles. The predicted octanol–water partition coefficient (Wildman–Crippen LogP) is 1.30. The molecule has 0 amide bonds. The summed E-state index contributed by atoms with van der Waals surface area (Å²) in [7, 11) is -3.56. The number of aliphatic carboxylic acids is 1. The molecule has 118 valence electrons. The first-order valence-electron chi connectivity index (χ1n) is 6.88. The zero-order valence-electron chi connectivity index (χ0n) is 11.6. The van der Waals surface area contributed by atoms with E-state index in [2.05, 4.69) is 0 Å². The fourth-order valence-electron chi connectivity index (χ4n) is 2.60. The molecule has 2 N–H and O–H groups in total. The lowest BCUT2D eigenvalue weighted by Crippen LogP contribution is -2.35. The second-order valence-corrected chi connectivity index (χ2v) is 8.35. The molecule has 0 aromatic carbocycles. The standard InChI is InChI=1S/C13H19NO5S2/c15-8-2-4-10-3-1-7-14(10)21(18,19)13-6-5-11(20-13)9-12(16)17/h5-6,10,15H,1-4,7-9H2,(H,16,17). The first-order chi connectivity index (χ1) is 9.95. The topological polar surface area (TPSA) is 94.9 Å². The van der Waals surface area contributed by atoms with Gasteiger partial charge in [0.25, 0.3) is 10.0 Å². The van der Waals surface area contributed by atoms with Crippen LogP contribution in [0.2, 0.25) is 0 Å². The van der Waals surface area contributed by atoms with Crippen molar-refractivity contribution in [3.8, 4) is 0 Å². The van der Waals surface area contributed by atoms with Gasteiger partial charge in [-0.3, -0.25) is 4.79 Å². The Labute approximate surface area is 128 Å². The maximum Gasteiger partial charge on any atom is 0.308 e. The Morgan fingerprint density at radius 3 is 2.86 bits per heavy atom. The van der Waals surface area contributed by atoms with E-state index in [9.17, 15) is 13.2 Å². The zero-order chi connectivity index (χ0) is 15.5. The molecular formula is C13H19NO5S2. The first kappa shape index (κ1) is 16.4. The van der Waals surface area contributed by atoms with Crippen molar-refractivity contribution in [2.75, 3.05) is 13.2 Å². The zero-order valence-corrected chi connectivity index (χ0v) is 13.2. The molecule has 2 rings (SSSR count). The van der Waals surface area contributed by atoms with E-state index in [-0.39, 0.29) is 23.3 Å². The lowest BCUT2D eigenvalue weighted by molar-refractivity contribution is -0.136. The largest absolute Gasteiger partial charge is 0.481 e. The van der Waals surface area contributed by atoms with Crippen molar-refractivity contribution in [2.24, 2.45) is 0 Å². The third kappa shape index (κ3) is 3.82. The van der Waals surface area contributed by atoms with Crippen LogP contribution in [0, 0.1) is 0 Å². The van der Waals surface area contributed by atoms with Crippen LogP contribution in [-0.2, 0) is 21.2 Å². The summed E-state index contributed by atoms with van der Waals surface area (Å²) in [5.74, 6) is -0.970. The number of carbonyl (C=O) groups is 1. The molecule has 0 saturated carbocycles. The van der Waals surface area contributed by atoms with Gasteiger partial charge >= 0.3 is 5.97 Å². The van der Waals surface area contributed by atoms with Crippen molar-refractivity contribution in [3.63, 3.8) is 0 Å². The van der Waals surface area contributed by atoms with E-state index in [1.54, 1.807) is 6.07 Å². The SMILES string of the molecule is O=C(O)Cc1ccc(S(=O)(=O)N2CCCC2CCCO)s1. The van der Waals surface area contributed by atoms with Gasteiger partial charge in [-0.05, 0) is 37.8 Å². The number of aliphatic hydroxyl groups excluding tert-OH is 1. The molecular weight excluding hydrogens is 314 g/mol. The molecule has 1 aliphatic rings. The summed E-state index contributed by atoms with van der Waals surface area (Å²) in [6, 6.07) is 2.98. The summed E-state index contributed by atoms with van der Waals surface area (Å²) >= 11 is 1.02. The Morgan fingerprint density at radius 1 is 1.43 bits per heavy atom. The van der Waals surface area contributed by atoms with Gasteiger partial charge in [-0.2, -0.15) is 4.31 Å². The highest BCUT2D eigenvalue weighted by Gasteiger charge is 2.35. The van der Waals surface area contributed by atoms with Gasteiger partial charge in [-0.15, -0.1) is 11.3 Å². The van der Waals surface area contributed by atoms with Crippen LogP contribution in [0.4, 0.5) is 0 Å². The number of hydrogen-bond donors (Lipinski definition) is 2.